The minimum absolute atomic E-state index is 0.0454. The van der Waals surface area contributed by atoms with E-state index < -0.39 is 38.0 Å². The molecule has 0 aromatic heterocycles. The highest BCUT2D eigenvalue weighted by atomic mass is 32.2. The minimum Gasteiger partial charge on any atom is -0.377 e. The first-order valence-electron chi connectivity index (χ1n) is 5.53. The zero-order valence-electron chi connectivity index (χ0n) is 10.5. The Bertz CT molecular complexity index is 607. The predicted molar refractivity (Wildman–Crippen MR) is 69.0 cm³/mol. The maximum atomic E-state index is 13.5. The lowest BCUT2D eigenvalue weighted by molar-refractivity contribution is -0.384. The molecule has 1 aromatic rings. The maximum absolute atomic E-state index is 13.5. The molecule has 0 aliphatic rings. The molecule has 0 saturated heterocycles. The Balaban J connectivity index is 2.68. The monoisotopic (exact) mass is 309 g/mol. The van der Waals surface area contributed by atoms with E-state index >= 15 is 0 Å². The molecule has 7 nitrogen and oxygen atoms in total. The number of hydrogen-bond acceptors (Lipinski definition) is 5. The molecule has 20 heavy (non-hydrogen) atoms. The van der Waals surface area contributed by atoms with Crippen LogP contribution in [0.15, 0.2) is 12.1 Å². The van der Waals surface area contributed by atoms with E-state index in [4.69, 9.17) is 0 Å². The van der Waals surface area contributed by atoms with E-state index in [1.54, 1.807) is 0 Å². The van der Waals surface area contributed by atoms with Gasteiger partial charge in [-0.1, -0.05) is 0 Å². The molecule has 10 heteroatoms. The molecule has 0 spiro atoms. The van der Waals surface area contributed by atoms with Crippen LogP contribution in [0.4, 0.5) is 20.2 Å². The first-order valence-corrected chi connectivity index (χ1v) is 7.42. The Kier molecular flexibility index (Phi) is 5.34. The van der Waals surface area contributed by atoms with Gasteiger partial charge >= 0.3 is 0 Å². The van der Waals surface area contributed by atoms with E-state index in [0.717, 1.165) is 12.3 Å². The van der Waals surface area contributed by atoms with Gasteiger partial charge in [0, 0.05) is 19.2 Å². The number of hydrogen-bond donors (Lipinski definition) is 2. The summed E-state index contributed by atoms with van der Waals surface area (Å²) in [5.74, 6) is -2.54. The van der Waals surface area contributed by atoms with Crippen LogP contribution in [0.1, 0.15) is 6.42 Å². The molecular formula is C10H13F2N3O4S. The lowest BCUT2D eigenvalue weighted by atomic mass is 10.2. The van der Waals surface area contributed by atoms with Crippen molar-refractivity contribution in [2.45, 2.75) is 6.42 Å². The molecule has 0 heterocycles. The van der Waals surface area contributed by atoms with Crippen molar-refractivity contribution >= 4 is 21.4 Å². The highest BCUT2D eigenvalue weighted by Crippen LogP contribution is 2.28. The van der Waals surface area contributed by atoms with E-state index in [9.17, 15) is 27.3 Å². The summed E-state index contributed by atoms with van der Waals surface area (Å²) in [5.41, 5.74) is -1.13. The molecule has 0 aliphatic heterocycles. The van der Waals surface area contributed by atoms with Crippen molar-refractivity contribution in [3.05, 3.63) is 33.9 Å². The molecule has 0 atom stereocenters. The van der Waals surface area contributed by atoms with Gasteiger partial charge in [-0.2, -0.15) is 0 Å². The van der Waals surface area contributed by atoms with Crippen molar-refractivity contribution in [3.63, 3.8) is 0 Å². The largest absolute Gasteiger partial charge is 0.377 e. The van der Waals surface area contributed by atoms with Gasteiger partial charge in [-0.15, -0.1) is 0 Å². The van der Waals surface area contributed by atoms with Gasteiger partial charge in [0.1, 0.15) is 0 Å². The number of sulfonamides is 1. The highest BCUT2D eigenvalue weighted by Gasteiger charge is 2.20. The van der Waals surface area contributed by atoms with Crippen LogP contribution in [0.5, 0.6) is 0 Å². The fourth-order valence-corrected chi connectivity index (χ4v) is 1.94. The number of rotatable bonds is 7. The molecule has 1 rings (SSSR count). The number of anilines is 1. The van der Waals surface area contributed by atoms with Crippen LogP contribution in [0.3, 0.4) is 0 Å². The molecule has 0 fully saturated rings. The number of nitrogens with one attached hydrogen (secondary N) is 2. The first kappa shape index (κ1) is 16.2. The van der Waals surface area contributed by atoms with Crippen LogP contribution in [0.25, 0.3) is 0 Å². The number of halogens is 2. The Morgan fingerprint density at radius 2 is 1.95 bits per heavy atom. The third-order valence-corrected chi connectivity index (χ3v) is 3.02. The number of nitro benzene ring substituents is 1. The standard InChI is InChI=1S/C10H13F2N3O4S/c1-20(18,19)14-6-2-5-13-10-8(15(16)17)4-3-7(11)9(10)12/h3-4,13-14H,2,5-6H2,1H3. The van der Waals surface area contributed by atoms with Crippen LogP contribution in [0.2, 0.25) is 0 Å². The first-order chi connectivity index (χ1) is 9.22. The maximum Gasteiger partial charge on any atom is 0.295 e. The SMILES string of the molecule is CS(=O)(=O)NCCCNc1c([N+](=O)[O-])ccc(F)c1F. The van der Waals surface area contributed by atoms with Gasteiger partial charge in [-0.25, -0.2) is 21.9 Å². The van der Waals surface area contributed by atoms with E-state index in [1.807, 2.05) is 0 Å². The molecule has 0 amide bonds. The van der Waals surface area contributed by atoms with Gasteiger partial charge in [0.15, 0.2) is 17.3 Å². The smallest absolute Gasteiger partial charge is 0.295 e. The van der Waals surface area contributed by atoms with Crippen LogP contribution < -0.4 is 10.0 Å². The van der Waals surface area contributed by atoms with E-state index in [0.29, 0.717) is 6.07 Å². The van der Waals surface area contributed by atoms with E-state index in [-0.39, 0.29) is 19.5 Å². The average molecular weight is 309 g/mol. The summed E-state index contributed by atoms with van der Waals surface area (Å²) in [6.07, 6.45) is 1.23. The summed E-state index contributed by atoms with van der Waals surface area (Å²) in [4.78, 5) is 9.86. The summed E-state index contributed by atoms with van der Waals surface area (Å²) in [6, 6.07) is 1.53. The predicted octanol–water partition coefficient (Wildman–Crippen LogP) is 1.22. The Morgan fingerprint density at radius 3 is 2.50 bits per heavy atom. The summed E-state index contributed by atoms with van der Waals surface area (Å²) < 4.78 is 50.2. The molecule has 0 saturated carbocycles. The van der Waals surface area contributed by atoms with Gasteiger partial charge in [0.25, 0.3) is 5.69 Å². The second-order valence-electron chi connectivity index (χ2n) is 3.96. The van der Waals surface area contributed by atoms with Crippen molar-refractivity contribution in [1.82, 2.24) is 4.72 Å². The Labute approximate surface area is 114 Å². The second-order valence-corrected chi connectivity index (χ2v) is 5.79. The summed E-state index contributed by atoms with van der Waals surface area (Å²) in [6.45, 7) is 0.125. The molecule has 1 aromatic carbocycles. The molecule has 2 N–H and O–H groups in total. The van der Waals surface area contributed by atoms with Crippen molar-refractivity contribution in [2.24, 2.45) is 0 Å². The number of nitrogens with zero attached hydrogens (tertiary/aromatic N) is 1. The summed E-state index contributed by atoms with van der Waals surface area (Å²) in [7, 11) is -3.33. The van der Waals surface area contributed by atoms with Gasteiger partial charge in [-0.3, -0.25) is 10.1 Å². The Morgan fingerprint density at radius 1 is 1.30 bits per heavy atom. The zero-order valence-corrected chi connectivity index (χ0v) is 11.3. The van der Waals surface area contributed by atoms with Crippen molar-refractivity contribution in [2.75, 3.05) is 24.7 Å². The van der Waals surface area contributed by atoms with Gasteiger partial charge in [-0.05, 0) is 12.5 Å². The van der Waals surface area contributed by atoms with E-state index in [1.165, 1.54) is 0 Å². The number of nitro groups is 1. The summed E-state index contributed by atoms with van der Waals surface area (Å²) >= 11 is 0. The second kappa shape index (κ2) is 6.57. The van der Waals surface area contributed by atoms with Gasteiger partial charge in [0.2, 0.25) is 10.0 Å². The van der Waals surface area contributed by atoms with Crippen LogP contribution >= 0.6 is 0 Å². The van der Waals surface area contributed by atoms with Gasteiger partial charge in [0.05, 0.1) is 11.2 Å². The molecular weight excluding hydrogens is 296 g/mol. The van der Waals surface area contributed by atoms with Crippen molar-refractivity contribution in [3.8, 4) is 0 Å². The molecule has 0 aliphatic carbocycles. The highest BCUT2D eigenvalue weighted by molar-refractivity contribution is 7.88. The lowest BCUT2D eigenvalue weighted by Crippen LogP contribution is -2.24. The Hall–Kier alpha value is -1.81. The average Bonchev–Trinajstić information content (AvgIpc) is 2.32. The fraction of sp³-hybridized carbons (Fsp3) is 0.400. The third-order valence-electron chi connectivity index (χ3n) is 2.29. The molecule has 0 unspecified atom stereocenters. The minimum atomic E-state index is -3.33. The van der Waals surface area contributed by atoms with Crippen LogP contribution in [0, 0.1) is 21.7 Å². The van der Waals surface area contributed by atoms with Crippen molar-refractivity contribution in [1.29, 1.82) is 0 Å². The third kappa shape index (κ3) is 4.70. The topological polar surface area (TPSA) is 101 Å². The molecule has 0 bridgehead atoms. The molecule has 112 valence electrons. The lowest BCUT2D eigenvalue weighted by Gasteiger charge is -2.08. The van der Waals surface area contributed by atoms with E-state index in [2.05, 4.69) is 10.0 Å². The molecule has 0 radical (unpaired) electrons. The zero-order chi connectivity index (χ0) is 15.3. The summed E-state index contributed by atoms with van der Waals surface area (Å²) in [5, 5.41) is 13.1. The quantitative estimate of drug-likeness (QED) is 0.448. The van der Waals surface area contributed by atoms with Crippen LogP contribution in [-0.2, 0) is 10.0 Å². The van der Waals surface area contributed by atoms with Crippen LogP contribution in [-0.4, -0.2) is 32.7 Å². The normalized spacial score (nSPS) is 11.3. The van der Waals surface area contributed by atoms with Gasteiger partial charge < -0.3 is 5.32 Å². The van der Waals surface area contributed by atoms with Crippen molar-refractivity contribution < 1.29 is 22.1 Å². The fourth-order valence-electron chi connectivity index (χ4n) is 1.42. The number of benzene rings is 1.